The molecule has 121 valence electrons. The predicted octanol–water partition coefficient (Wildman–Crippen LogP) is 2.35. The van der Waals surface area contributed by atoms with Crippen molar-refractivity contribution in [1.29, 1.82) is 0 Å². The van der Waals surface area contributed by atoms with E-state index in [1.807, 2.05) is 34.5 Å². The molecule has 2 heterocycles. The SMILES string of the molecule is CCOc1[c-]ccc(C2=NOC3(CCOC3)C2)c1.NP.[CH3-].[Y]. The van der Waals surface area contributed by atoms with Crippen molar-refractivity contribution in [2.45, 2.75) is 25.4 Å². The van der Waals surface area contributed by atoms with Gasteiger partial charge in [-0.1, -0.05) is 14.5 Å². The van der Waals surface area contributed by atoms with Crippen LogP contribution in [-0.4, -0.2) is 31.1 Å². The smallest absolute Gasteiger partial charge is 0.168 e. The number of nitrogens with two attached hydrogens (primary N) is 1. The number of hydrogen-bond acceptors (Lipinski definition) is 5. The summed E-state index contributed by atoms with van der Waals surface area (Å²) in [4.78, 5) is 5.58. The third-order valence-corrected chi connectivity index (χ3v) is 3.31. The molecule has 0 aliphatic carbocycles. The Hall–Kier alpha value is -0.0561. The summed E-state index contributed by atoms with van der Waals surface area (Å²) in [6, 6.07) is 8.86. The monoisotopic (exact) mass is 399 g/mol. The van der Waals surface area contributed by atoms with Gasteiger partial charge in [0.2, 0.25) is 0 Å². The van der Waals surface area contributed by atoms with Crippen molar-refractivity contribution in [1.82, 2.24) is 0 Å². The van der Waals surface area contributed by atoms with Gasteiger partial charge in [-0.2, -0.15) is 12.1 Å². The van der Waals surface area contributed by atoms with E-state index in [1.165, 1.54) is 0 Å². The Labute approximate surface area is 160 Å². The molecule has 2 atom stereocenters. The topological polar surface area (TPSA) is 66.1 Å². The summed E-state index contributed by atoms with van der Waals surface area (Å²) in [5.74, 6) is 0.751. The Kier molecular flexibility index (Phi) is 10.6. The summed E-state index contributed by atoms with van der Waals surface area (Å²) in [5.41, 5.74) is 6.21. The van der Waals surface area contributed by atoms with Crippen molar-refractivity contribution < 1.29 is 47.0 Å². The average molecular weight is 399 g/mol. The second kappa shape index (κ2) is 10.7. The van der Waals surface area contributed by atoms with E-state index in [0.717, 1.165) is 36.5 Å². The van der Waals surface area contributed by atoms with Crippen LogP contribution in [0, 0.1) is 13.5 Å². The van der Waals surface area contributed by atoms with Gasteiger partial charge >= 0.3 is 0 Å². The fraction of sp³-hybridized carbons (Fsp3) is 0.467. The zero-order chi connectivity index (χ0) is 14.4. The summed E-state index contributed by atoms with van der Waals surface area (Å²) in [5, 5.41) is 4.21. The largest absolute Gasteiger partial charge is 0.520 e. The molecule has 2 N–H and O–H groups in total. The van der Waals surface area contributed by atoms with Crippen molar-refractivity contribution in [2.75, 3.05) is 19.8 Å². The average Bonchev–Trinajstić information content (AvgIpc) is 3.13. The first-order valence-electron chi connectivity index (χ1n) is 6.62. The van der Waals surface area contributed by atoms with Crippen LogP contribution in [0.2, 0.25) is 0 Å². The van der Waals surface area contributed by atoms with Crippen molar-refractivity contribution in [2.24, 2.45) is 10.7 Å². The molecule has 1 fully saturated rings. The standard InChI is InChI=1S/C14H16NO3.CH3.H4NP.Y/c1-2-17-12-5-3-4-11(8-12)13-9-14(18-15-13)6-7-16-10-14;;1-2;/h3-4,8H,2,6-7,9-10H2,1H3;1H3;1-2H2;/q2*-1;;. The van der Waals surface area contributed by atoms with Crippen LogP contribution in [0.15, 0.2) is 23.4 Å². The van der Waals surface area contributed by atoms with E-state index in [1.54, 1.807) is 0 Å². The minimum Gasteiger partial charge on any atom is -0.520 e. The normalized spacial score (nSPS) is 21.7. The molecule has 22 heavy (non-hydrogen) atoms. The molecule has 1 aromatic rings. The summed E-state index contributed by atoms with van der Waals surface area (Å²) >= 11 is 0. The van der Waals surface area contributed by atoms with E-state index in [-0.39, 0.29) is 45.7 Å². The van der Waals surface area contributed by atoms with Crippen LogP contribution >= 0.6 is 9.39 Å². The molecular formula is C15H23N2O3PY-2. The quantitative estimate of drug-likeness (QED) is 0.626. The van der Waals surface area contributed by atoms with Crippen LogP contribution < -0.4 is 10.2 Å². The molecule has 1 saturated heterocycles. The first kappa shape index (κ1) is 21.9. The molecule has 2 aliphatic rings. The van der Waals surface area contributed by atoms with Crippen LogP contribution in [0.25, 0.3) is 0 Å². The second-order valence-electron chi connectivity index (χ2n) is 4.67. The number of rotatable bonds is 3. The van der Waals surface area contributed by atoms with Crippen molar-refractivity contribution in [3.8, 4) is 5.75 Å². The number of oxime groups is 1. The first-order valence-corrected chi connectivity index (χ1v) is 7.29. The molecular weight excluding hydrogens is 376 g/mol. The number of ether oxygens (including phenoxy) is 2. The number of nitrogens with zero attached hydrogens (tertiary/aromatic N) is 1. The Morgan fingerprint density at radius 1 is 1.50 bits per heavy atom. The molecule has 7 heteroatoms. The predicted molar refractivity (Wildman–Crippen MR) is 87.2 cm³/mol. The van der Waals surface area contributed by atoms with Gasteiger partial charge in [0.05, 0.1) is 25.5 Å². The van der Waals surface area contributed by atoms with Crippen LogP contribution in [0.4, 0.5) is 0 Å². The van der Waals surface area contributed by atoms with Gasteiger partial charge < -0.3 is 27.2 Å². The number of hydrogen-bond donors (Lipinski definition) is 1. The van der Waals surface area contributed by atoms with Crippen LogP contribution in [-0.2, 0) is 42.3 Å². The van der Waals surface area contributed by atoms with Gasteiger partial charge in [-0.25, -0.2) is 0 Å². The molecule has 1 aromatic carbocycles. The zero-order valence-corrected chi connectivity index (χ0v) is 17.2. The van der Waals surface area contributed by atoms with Gasteiger partial charge in [0, 0.05) is 51.3 Å². The Bertz CT molecular complexity index is 480. The molecule has 0 amide bonds. The molecule has 1 spiro atoms. The summed E-state index contributed by atoms with van der Waals surface area (Å²) < 4.78 is 10.8. The third-order valence-electron chi connectivity index (χ3n) is 3.31. The van der Waals surface area contributed by atoms with Crippen molar-refractivity contribution in [3.05, 3.63) is 37.3 Å². The second-order valence-corrected chi connectivity index (χ2v) is 4.67. The van der Waals surface area contributed by atoms with Crippen LogP contribution in [0.5, 0.6) is 5.75 Å². The van der Waals surface area contributed by atoms with Gasteiger partial charge in [0.25, 0.3) is 0 Å². The van der Waals surface area contributed by atoms with Gasteiger partial charge in [0.1, 0.15) is 0 Å². The summed E-state index contributed by atoms with van der Waals surface area (Å²) in [7, 11) is 1.92. The minimum absolute atomic E-state index is 0. The Morgan fingerprint density at radius 3 is 2.91 bits per heavy atom. The van der Waals surface area contributed by atoms with Gasteiger partial charge in [-0.3, -0.25) is 0 Å². The molecule has 3 rings (SSSR count). The maximum atomic E-state index is 5.58. The number of benzene rings is 1. The molecule has 2 aliphatic heterocycles. The molecule has 0 saturated carbocycles. The zero-order valence-electron chi connectivity index (χ0n) is 13.2. The maximum absolute atomic E-state index is 5.58. The van der Waals surface area contributed by atoms with Crippen molar-refractivity contribution >= 4 is 15.1 Å². The first-order chi connectivity index (χ1) is 9.81. The minimum atomic E-state index is -0.222. The molecule has 0 bridgehead atoms. The van der Waals surface area contributed by atoms with E-state index < -0.39 is 0 Å². The molecule has 5 nitrogen and oxygen atoms in total. The fourth-order valence-electron chi connectivity index (χ4n) is 2.34. The van der Waals surface area contributed by atoms with Gasteiger partial charge in [-0.05, 0) is 6.92 Å². The molecule has 2 unspecified atom stereocenters. The summed E-state index contributed by atoms with van der Waals surface area (Å²) in [6.45, 7) is 4.00. The molecule has 0 aromatic heterocycles. The van der Waals surface area contributed by atoms with E-state index in [9.17, 15) is 0 Å². The fourth-order valence-corrected chi connectivity index (χ4v) is 2.34. The van der Waals surface area contributed by atoms with E-state index in [4.69, 9.17) is 14.3 Å². The van der Waals surface area contributed by atoms with Gasteiger partial charge in [0.15, 0.2) is 5.60 Å². The van der Waals surface area contributed by atoms with E-state index in [0.29, 0.717) is 13.2 Å². The Balaban J connectivity index is 0.00000106. The van der Waals surface area contributed by atoms with E-state index in [2.05, 4.69) is 16.7 Å². The Morgan fingerprint density at radius 2 is 2.27 bits per heavy atom. The van der Waals surface area contributed by atoms with Crippen LogP contribution in [0.3, 0.4) is 0 Å². The van der Waals surface area contributed by atoms with Crippen LogP contribution in [0.1, 0.15) is 25.3 Å². The molecule has 1 radical (unpaired) electrons. The van der Waals surface area contributed by atoms with Crippen molar-refractivity contribution in [3.63, 3.8) is 0 Å². The summed E-state index contributed by atoms with van der Waals surface area (Å²) in [6.07, 6.45) is 1.72. The van der Waals surface area contributed by atoms with Gasteiger partial charge in [-0.15, -0.1) is 17.7 Å². The maximum Gasteiger partial charge on any atom is 0.168 e. The van der Waals surface area contributed by atoms with E-state index >= 15 is 0 Å². The third kappa shape index (κ3) is 5.24.